The number of carbonyl (C=O) groups excluding carboxylic acids is 2. The molecule has 0 bridgehead atoms. The van der Waals surface area contributed by atoms with E-state index in [4.69, 9.17) is 0 Å². The number of allylic oxidation sites excluding steroid dienone is 2. The summed E-state index contributed by atoms with van der Waals surface area (Å²) in [4.78, 5) is 25.5. The second kappa shape index (κ2) is 9.51. The quantitative estimate of drug-likeness (QED) is 0.200. The van der Waals surface area contributed by atoms with Gasteiger partial charge in [-0.25, -0.2) is 0 Å². The predicted octanol–water partition coefficient (Wildman–Crippen LogP) is 7.79. The fourth-order valence-corrected chi connectivity index (χ4v) is 4.12. The van der Waals surface area contributed by atoms with Gasteiger partial charge in [-0.2, -0.15) is 0 Å². The van der Waals surface area contributed by atoms with Crippen LogP contribution < -0.4 is 0 Å². The molecular weight excluding hydrogens is 416 g/mol. The van der Waals surface area contributed by atoms with Gasteiger partial charge < -0.3 is 0 Å². The Hall–Kier alpha value is -4.56. The number of carbonyl (C=O) groups is 2. The van der Waals surface area contributed by atoms with E-state index < -0.39 is 0 Å². The Bertz CT molecular complexity index is 1440. The lowest BCUT2D eigenvalue weighted by Crippen LogP contribution is -1.95. The van der Waals surface area contributed by atoms with E-state index in [9.17, 15) is 9.59 Å². The van der Waals surface area contributed by atoms with Crippen molar-refractivity contribution in [2.75, 3.05) is 0 Å². The van der Waals surface area contributed by atoms with E-state index in [0.29, 0.717) is 11.1 Å². The smallest absolute Gasteiger partial charge is 0.186 e. The molecule has 5 rings (SSSR count). The minimum Gasteiger partial charge on any atom is -0.289 e. The normalized spacial score (nSPS) is 11.5. The first-order chi connectivity index (χ1) is 16.7. The van der Waals surface area contributed by atoms with Gasteiger partial charge in [0, 0.05) is 11.1 Å². The van der Waals surface area contributed by atoms with E-state index in [1.807, 2.05) is 121 Å². The van der Waals surface area contributed by atoms with Crippen molar-refractivity contribution >= 4 is 45.3 Å². The third-order valence-electron chi connectivity index (χ3n) is 5.90. The molecule has 0 fully saturated rings. The first-order valence-electron chi connectivity index (χ1n) is 11.2. The number of fused-ring (bicyclic) bond motifs is 2. The Labute approximate surface area is 198 Å². The van der Waals surface area contributed by atoms with Crippen LogP contribution in [-0.4, -0.2) is 11.6 Å². The predicted molar refractivity (Wildman–Crippen MR) is 141 cm³/mol. The highest BCUT2D eigenvalue weighted by Crippen LogP contribution is 2.21. The van der Waals surface area contributed by atoms with Gasteiger partial charge >= 0.3 is 0 Å². The molecule has 0 unspecified atom stereocenters. The average Bonchev–Trinajstić information content (AvgIpc) is 2.90. The van der Waals surface area contributed by atoms with Crippen molar-refractivity contribution in [3.63, 3.8) is 0 Å². The van der Waals surface area contributed by atoms with Crippen molar-refractivity contribution in [3.8, 4) is 0 Å². The van der Waals surface area contributed by atoms with Crippen molar-refractivity contribution in [2.24, 2.45) is 0 Å². The largest absolute Gasteiger partial charge is 0.289 e. The Morgan fingerprint density at radius 3 is 1.26 bits per heavy atom. The van der Waals surface area contributed by atoms with Gasteiger partial charge in [0.2, 0.25) is 0 Å². The molecule has 0 N–H and O–H groups in total. The maximum atomic E-state index is 12.8. The standard InChI is InChI=1S/C32H22O2/c33-31(29-13-5-9-25-7-1-3-11-27(25)29)21-19-23-15-17-24(18-16-23)20-22-32(34)30-14-6-10-26-8-2-4-12-28(26)30/h1-22H/b21-19-,22-20-. The number of benzene rings is 5. The second-order valence-corrected chi connectivity index (χ2v) is 8.12. The SMILES string of the molecule is O=C(/C=C\c1ccc(/C=C\C(=O)c2cccc3ccccc23)cc1)c1cccc2ccccc12. The molecule has 2 heteroatoms. The summed E-state index contributed by atoms with van der Waals surface area (Å²) in [5.74, 6) is -0.0529. The van der Waals surface area contributed by atoms with Crippen LogP contribution in [0, 0.1) is 0 Å². The van der Waals surface area contributed by atoms with Gasteiger partial charge in [0.05, 0.1) is 0 Å². The second-order valence-electron chi connectivity index (χ2n) is 8.12. The van der Waals surface area contributed by atoms with E-state index in [1.165, 1.54) is 0 Å². The van der Waals surface area contributed by atoms with Gasteiger partial charge in [-0.05, 0) is 44.8 Å². The van der Waals surface area contributed by atoms with Gasteiger partial charge in [-0.3, -0.25) is 9.59 Å². The zero-order chi connectivity index (χ0) is 23.3. The van der Waals surface area contributed by atoms with Crippen LogP contribution in [0.3, 0.4) is 0 Å². The van der Waals surface area contributed by atoms with Gasteiger partial charge in [-0.1, -0.05) is 121 Å². The molecule has 2 nitrogen and oxygen atoms in total. The van der Waals surface area contributed by atoms with Crippen molar-refractivity contribution in [3.05, 3.63) is 144 Å². The monoisotopic (exact) mass is 438 g/mol. The number of hydrogen-bond acceptors (Lipinski definition) is 2. The van der Waals surface area contributed by atoms with Crippen molar-refractivity contribution < 1.29 is 9.59 Å². The van der Waals surface area contributed by atoms with Crippen LogP contribution in [0.2, 0.25) is 0 Å². The van der Waals surface area contributed by atoms with E-state index in [2.05, 4.69) is 0 Å². The summed E-state index contributed by atoms with van der Waals surface area (Å²) >= 11 is 0. The molecule has 0 heterocycles. The van der Waals surface area contributed by atoms with Crippen LogP contribution in [-0.2, 0) is 0 Å². The molecule has 34 heavy (non-hydrogen) atoms. The Balaban J connectivity index is 1.30. The maximum absolute atomic E-state index is 12.8. The Kier molecular flexibility index (Phi) is 5.96. The lowest BCUT2D eigenvalue weighted by molar-refractivity contribution is 0.104. The van der Waals surface area contributed by atoms with Gasteiger partial charge in [0.15, 0.2) is 11.6 Å². The summed E-state index contributed by atoms with van der Waals surface area (Å²) in [6.45, 7) is 0. The molecule has 5 aromatic carbocycles. The van der Waals surface area contributed by atoms with E-state index in [1.54, 1.807) is 12.2 Å². The third-order valence-corrected chi connectivity index (χ3v) is 5.90. The fourth-order valence-electron chi connectivity index (χ4n) is 4.12. The maximum Gasteiger partial charge on any atom is 0.186 e. The first-order valence-corrected chi connectivity index (χ1v) is 11.2. The molecule has 0 atom stereocenters. The first kappa shape index (κ1) is 21.3. The van der Waals surface area contributed by atoms with Gasteiger partial charge in [0.25, 0.3) is 0 Å². The highest BCUT2D eigenvalue weighted by molar-refractivity contribution is 6.15. The molecule has 0 aromatic heterocycles. The average molecular weight is 439 g/mol. The summed E-state index contributed by atoms with van der Waals surface area (Å²) in [5, 5.41) is 4.01. The lowest BCUT2D eigenvalue weighted by Gasteiger charge is -2.03. The van der Waals surface area contributed by atoms with Crippen molar-refractivity contribution in [1.82, 2.24) is 0 Å². The number of rotatable bonds is 6. The van der Waals surface area contributed by atoms with Crippen molar-refractivity contribution in [2.45, 2.75) is 0 Å². The fraction of sp³-hybridized carbons (Fsp3) is 0. The molecule has 162 valence electrons. The molecule has 0 aliphatic heterocycles. The van der Waals surface area contributed by atoms with Crippen LogP contribution >= 0.6 is 0 Å². The zero-order valence-electron chi connectivity index (χ0n) is 18.5. The molecule has 0 saturated heterocycles. The third kappa shape index (κ3) is 4.48. The zero-order valence-corrected chi connectivity index (χ0v) is 18.5. The van der Waals surface area contributed by atoms with E-state index in [0.717, 1.165) is 32.7 Å². The van der Waals surface area contributed by atoms with Crippen LogP contribution in [0.4, 0.5) is 0 Å². The minimum atomic E-state index is -0.0264. The van der Waals surface area contributed by atoms with Gasteiger partial charge in [-0.15, -0.1) is 0 Å². The molecule has 0 saturated carbocycles. The van der Waals surface area contributed by atoms with E-state index >= 15 is 0 Å². The molecular formula is C32H22O2. The van der Waals surface area contributed by atoms with Crippen LogP contribution in [0.25, 0.3) is 33.7 Å². The minimum absolute atomic E-state index is 0.0264. The summed E-state index contributed by atoms with van der Waals surface area (Å²) in [7, 11) is 0. The highest BCUT2D eigenvalue weighted by atomic mass is 16.1. The Morgan fingerprint density at radius 1 is 0.441 bits per heavy atom. The molecule has 5 aromatic rings. The summed E-state index contributed by atoms with van der Waals surface area (Å²) in [6, 6.07) is 35.1. The summed E-state index contributed by atoms with van der Waals surface area (Å²) < 4.78 is 0. The molecule has 0 aliphatic carbocycles. The van der Waals surface area contributed by atoms with Gasteiger partial charge in [0.1, 0.15) is 0 Å². The van der Waals surface area contributed by atoms with Crippen LogP contribution in [0.5, 0.6) is 0 Å². The molecule has 0 amide bonds. The molecule has 0 radical (unpaired) electrons. The lowest BCUT2D eigenvalue weighted by atomic mass is 10.0. The summed E-state index contributed by atoms with van der Waals surface area (Å²) in [5.41, 5.74) is 3.24. The molecule has 0 spiro atoms. The highest BCUT2D eigenvalue weighted by Gasteiger charge is 2.07. The number of hydrogen-bond donors (Lipinski definition) is 0. The van der Waals surface area contributed by atoms with E-state index in [-0.39, 0.29) is 11.6 Å². The van der Waals surface area contributed by atoms with Crippen molar-refractivity contribution in [1.29, 1.82) is 0 Å². The van der Waals surface area contributed by atoms with Crippen LogP contribution in [0.15, 0.2) is 121 Å². The topological polar surface area (TPSA) is 34.1 Å². The number of ketones is 2. The summed E-state index contributed by atoms with van der Waals surface area (Å²) in [6.07, 6.45) is 6.85. The van der Waals surface area contributed by atoms with Crippen LogP contribution in [0.1, 0.15) is 31.8 Å². The Morgan fingerprint density at radius 2 is 0.824 bits per heavy atom. The molecule has 0 aliphatic rings.